The maximum Gasteiger partial charge on any atom is 0.295 e. The zero-order chi connectivity index (χ0) is 35.8. The van der Waals surface area contributed by atoms with Gasteiger partial charge in [-0.25, -0.2) is 4.68 Å². The maximum absolute atomic E-state index is 13.6. The summed E-state index contributed by atoms with van der Waals surface area (Å²) in [6, 6.07) is 29.9. The number of rotatable bonds is 12. The summed E-state index contributed by atoms with van der Waals surface area (Å²) in [5.41, 5.74) is 2.58. The van der Waals surface area contributed by atoms with E-state index < -0.39 is 17.1 Å². The maximum atomic E-state index is 13.6. The van der Waals surface area contributed by atoms with Crippen LogP contribution in [0.3, 0.4) is 0 Å². The first-order chi connectivity index (χ1) is 24.1. The first-order valence-corrected chi connectivity index (χ1v) is 16.5. The number of anilines is 2. The number of ether oxygens (including phenoxy) is 2. The lowest BCUT2D eigenvalue weighted by Gasteiger charge is -2.14. The largest absolute Gasteiger partial charge is 0.493 e. The molecule has 0 aliphatic rings. The van der Waals surface area contributed by atoms with E-state index in [1.807, 2.05) is 30.3 Å². The third kappa shape index (κ3) is 7.99. The summed E-state index contributed by atoms with van der Waals surface area (Å²) in [6.07, 6.45) is 1.52. The second-order valence-corrected chi connectivity index (χ2v) is 12.5. The molecule has 0 bridgehead atoms. The Balaban J connectivity index is 1.29. The predicted molar refractivity (Wildman–Crippen MR) is 196 cm³/mol. The van der Waals surface area contributed by atoms with Crippen molar-refractivity contribution in [3.63, 3.8) is 0 Å². The van der Waals surface area contributed by atoms with E-state index >= 15 is 0 Å². The van der Waals surface area contributed by atoms with Crippen molar-refractivity contribution in [2.24, 2.45) is 7.05 Å². The number of nitrogens with zero attached hydrogens (tertiary/aromatic N) is 2. The normalized spacial score (nSPS) is 11.7. The van der Waals surface area contributed by atoms with Crippen molar-refractivity contribution in [3.8, 4) is 17.2 Å². The minimum Gasteiger partial charge on any atom is -0.493 e. The number of aromatic nitrogens is 2. The highest BCUT2D eigenvalue weighted by atomic mass is 32.2. The Kier molecular flexibility index (Phi) is 11.2. The van der Waals surface area contributed by atoms with Crippen LogP contribution in [0.1, 0.15) is 28.5 Å². The molecule has 0 aliphatic heterocycles. The van der Waals surface area contributed by atoms with E-state index in [0.717, 1.165) is 4.90 Å². The van der Waals surface area contributed by atoms with Crippen molar-refractivity contribution >= 4 is 46.9 Å². The Hall–Kier alpha value is -6.01. The number of para-hydroxylation sites is 2. The standard InChI is InChI=1S/C38H37N5O6S/c1-24-33(38(47)43(42(24)3)29-16-10-7-11-17-29)41-35(44)25(2)50-30-21-19-28(20-22-30)39-37(46)31(40-36(45)26-13-8-6-9-14-26)23-27-15-12-18-32(48-4)34(27)49-5/h6-23,25H,1-5H3,(H,39,46)(H,40,45)(H,41,44)/b31-23-. The summed E-state index contributed by atoms with van der Waals surface area (Å²) >= 11 is 1.30. The van der Waals surface area contributed by atoms with Gasteiger partial charge in [-0.2, -0.15) is 0 Å². The van der Waals surface area contributed by atoms with Crippen LogP contribution in [0, 0.1) is 6.92 Å². The summed E-state index contributed by atoms with van der Waals surface area (Å²) in [4.78, 5) is 53.9. The number of hydrogen-bond donors (Lipinski definition) is 3. The highest BCUT2D eigenvalue weighted by Gasteiger charge is 2.22. The van der Waals surface area contributed by atoms with E-state index in [-0.39, 0.29) is 22.9 Å². The Morgan fingerprint density at radius 2 is 1.48 bits per heavy atom. The molecule has 1 atom stereocenters. The SMILES string of the molecule is COc1cccc(/C=C(\NC(=O)c2ccccc2)C(=O)Nc2ccc(SC(C)C(=O)Nc3c(C)n(C)n(-c4ccccc4)c3=O)cc2)c1OC. The lowest BCUT2D eigenvalue weighted by Crippen LogP contribution is -2.30. The smallest absolute Gasteiger partial charge is 0.295 e. The average Bonchev–Trinajstić information content (AvgIpc) is 3.34. The molecule has 0 spiro atoms. The molecule has 11 nitrogen and oxygen atoms in total. The summed E-state index contributed by atoms with van der Waals surface area (Å²) < 4.78 is 14.1. The molecule has 3 amide bonds. The molecule has 0 saturated heterocycles. The van der Waals surface area contributed by atoms with Crippen LogP contribution in [0.4, 0.5) is 11.4 Å². The molecule has 0 fully saturated rings. The highest BCUT2D eigenvalue weighted by Crippen LogP contribution is 2.32. The summed E-state index contributed by atoms with van der Waals surface area (Å²) in [5, 5.41) is 7.83. The summed E-state index contributed by atoms with van der Waals surface area (Å²) in [5.74, 6) is -0.479. The molecule has 4 aromatic carbocycles. The van der Waals surface area contributed by atoms with E-state index in [0.29, 0.717) is 39.7 Å². The fourth-order valence-corrected chi connectivity index (χ4v) is 6.00. The Bertz CT molecular complexity index is 2090. The lowest BCUT2D eigenvalue weighted by atomic mass is 10.1. The molecule has 0 aliphatic carbocycles. The van der Waals surface area contributed by atoms with Gasteiger partial charge in [-0.05, 0) is 74.5 Å². The van der Waals surface area contributed by atoms with Gasteiger partial charge in [-0.1, -0.05) is 48.5 Å². The molecule has 1 aromatic heterocycles. The van der Waals surface area contributed by atoms with Crippen LogP contribution in [0.2, 0.25) is 0 Å². The topological polar surface area (TPSA) is 133 Å². The van der Waals surface area contributed by atoms with Gasteiger partial charge in [-0.3, -0.25) is 23.9 Å². The summed E-state index contributed by atoms with van der Waals surface area (Å²) in [6.45, 7) is 3.53. The minimum absolute atomic E-state index is 0.0170. The number of carbonyl (C=O) groups is 3. The van der Waals surface area contributed by atoms with Gasteiger partial charge in [0.15, 0.2) is 11.5 Å². The quantitative estimate of drug-likeness (QED) is 0.108. The van der Waals surface area contributed by atoms with Gasteiger partial charge >= 0.3 is 0 Å². The number of carbonyl (C=O) groups excluding carboxylic acids is 3. The first-order valence-electron chi connectivity index (χ1n) is 15.6. The van der Waals surface area contributed by atoms with Crippen LogP contribution in [-0.4, -0.2) is 46.6 Å². The van der Waals surface area contributed by atoms with E-state index in [9.17, 15) is 19.2 Å². The highest BCUT2D eigenvalue weighted by molar-refractivity contribution is 8.00. The molecule has 0 saturated carbocycles. The molecule has 5 aromatic rings. The lowest BCUT2D eigenvalue weighted by molar-refractivity contribution is -0.115. The van der Waals surface area contributed by atoms with Gasteiger partial charge in [0.2, 0.25) is 5.91 Å². The van der Waals surface area contributed by atoms with Gasteiger partial charge in [0, 0.05) is 28.8 Å². The molecule has 256 valence electrons. The molecule has 12 heteroatoms. The van der Waals surface area contributed by atoms with Crippen molar-refractivity contribution in [3.05, 3.63) is 136 Å². The second-order valence-electron chi connectivity index (χ2n) is 11.1. The van der Waals surface area contributed by atoms with Crippen LogP contribution < -0.4 is 31.0 Å². The fraction of sp³-hybridized carbons (Fsp3) is 0.158. The Morgan fingerprint density at radius 1 is 0.820 bits per heavy atom. The zero-order valence-corrected chi connectivity index (χ0v) is 29.0. The van der Waals surface area contributed by atoms with Crippen LogP contribution in [0.15, 0.2) is 119 Å². The van der Waals surface area contributed by atoms with Gasteiger partial charge in [-0.15, -0.1) is 11.8 Å². The van der Waals surface area contributed by atoms with Gasteiger partial charge in [0.25, 0.3) is 17.4 Å². The molecular weight excluding hydrogens is 655 g/mol. The molecule has 5 rings (SSSR count). The molecule has 3 N–H and O–H groups in total. The van der Waals surface area contributed by atoms with Crippen molar-refractivity contribution < 1.29 is 23.9 Å². The molecule has 0 radical (unpaired) electrons. The molecule has 1 unspecified atom stereocenters. The zero-order valence-electron chi connectivity index (χ0n) is 28.2. The van der Waals surface area contributed by atoms with Crippen LogP contribution >= 0.6 is 11.8 Å². The molecule has 1 heterocycles. The van der Waals surface area contributed by atoms with Crippen LogP contribution in [0.25, 0.3) is 11.8 Å². The molecule has 50 heavy (non-hydrogen) atoms. The fourth-order valence-electron chi connectivity index (χ4n) is 5.13. The average molecular weight is 692 g/mol. The van der Waals surface area contributed by atoms with Crippen LogP contribution in [-0.2, 0) is 16.6 Å². The van der Waals surface area contributed by atoms with E-state index in [1.165, 1.54) is 36.7 Å². The van der Waals surface area contributed by atoms with Crippen molar-refractivity contribution in [2.75, 3.05) is 24.9 Å². The van der Waals surface area contributed by atoms with E-state index in [2.05, 4.69) is 16.0 Å². The van der Waals surface area contributed by atoms with Gasteiger partial charge in [0.1, 0.15) is 11.4 Å². The van der Waals surface area contributed by atoms with Crippen molar-refractivity contribution in [2.45, 2.75) is 24.0 Å². The Labute approximate surface area is 293 Å². The number of benzene rings is 4. The van der Waals surface area contributed by atoms with Crippen LogP contribution in [0.5, 0.6) is 11.5 Å². The second kappa shape index (κ2) is 15.9. The number of hydrogen-bond acceptors (Lipinski definition) is 7. The minimum atomic E-state index is -0.563. The first kappa shape index (κ1) is 35.3. The Morgan fingerprint density at radius 3 is 2.12 bits per heavy atom. The summed E-state index contributed by atoms with van der Waals surface area (Å²) in [7, 11) is 4.77. The third-order valence-corrected chi connectivity index (χ3v) is 8.97. The van der Waals surface area contributed by atoms with Crippen molar-refractivity contribution in [1.82, 2.24) is 14.7 Å². The number of thioether (sulfide) groups is 1. The predicted octanol–water partition coefficient (Wildman–Crippen LogP) is 6.03. The number of amides is 3. The third-order valence-electron chi connectivity index (χ3n) is 7.86. The van der Waals surface area contributed by atoms with E-state index in [4.69, 9.17) is 9.47 Å². The van der Waals surface area contributed by atoms with Crippen molar-refractivity contribution in [1.29, 1.82) is 0 Å². The van der Waals surface area contributed by atoms with Gasteiger partial charge in [0.05, 0.1) is 30.9 Å². The van der Waals surface area contributed by atoms with Gasteiger partial charge < -0.3 is 25.4 Å². The van der Waals surface area contributed by atoms with E-state index in [1.54, 1.807) is 98.4 Å². The number of nitrogens with one attached hydrogen (secondary N) is 3. The molecular formula is C38H37N5O6S. The monoisotopic (exact) mass is 691 g/mol. The number of methoxy groups -OCH3 is 2.